The van der Waals surface area contributed by atoms with Crippen LogP contribution in [0.15, 0.2) is 0 Å². The van der Waals surface area contributed by atoms with Crippen molar-refractivity contribution in [3.63, 3.8) is 0 Å². The van der Waals surface area contributed by atoms with Gasteiger partial charge in [0.15, 0.2) is 18.7 Å². The van der Waals surface area contributed by atoms with E-state index in [9.17, 15) is 54.6 Å². The average Bonchev–Trinajstić information content (AvgIpc) is 3.62. The van der Waals surface area contributed by atoms with Gasteiger partial charge in [0.05, 0.1) is 82.2 Å². The predicted molar refractivity (Wildman–Crippen MR) is 250 cm³/mol. The maximum atomic E-state index is 14.0. The van der Waals surface area contributed by atoms with E-state index in [2.05, 4.69) is 10.6 Å². The molecule has 23 nitrogen and oxygen atoms in total. The van der Waals surface area contributed by atoms with E-state index in [1.54, 1.807) is 0 Å². The number of carboxylic acids is 1. The molecule has 0 aromatic heterocycles. The first-order valence-corrected chi connectivity index (χ1v) is 26.3. The van der Waals surface area contributed by atoms with E-state index >= 15 is 0 Å². The molecular weight excluding hydrogens is 959 g/mol. The van der Waals surface area contributed by atoms with Crippen LogP contribution in [0.1, 0.15) is 91.4 Å². The number of imide groups is 1. The van der Waals surface area contributed by atoms with Crippen LogP contribution >= 0.6 is 11.8 Å². The van der Waals surface area contributed by atoms with Gasteiger partial charge in [0, 0.05) is 32.5 Å². The fourth-order valence-electron chi connectivity index (χ4n) is 9.58. The molecule has 408 valence electrons. The molecule has 5 rings (SSSR count). The van der Waals surface area contributed by atoms with Gasteiger partial charge in [-0.05, 0) is 44.9 Å². The van der Waals surface area contributed by atoms with Gasteiger partial charge in [-0.3, -0.25) is 24.1 Å². The van der Waals surface area contributed by atoms with E-state index in [1.165, 1.54) is 6.92 Å². The summed E-state index contributed by atoms with van der Waals surface area (Å²) in [6.07, 6.45) is -9.80. The lowest BCUT2D eigenvalue weighted by molar-refractivity contribution is -0.336. The van der Waals surface area contributed by atoms with Gasteiger partial charge in [-0.2, -0.15) is 0 Å². The van der Waals surface area contributed by atoms with E-state index < -0.39 is 121 Å². The van der Waals surface area contributed by atoms with Crippen LogP contribution in [0.4, 0.5) is 0 Å². The number of carboxylic acid groups (broad SMARTS) is 1. The normalized spacial score (nSPS) is 33.3. The van der Waals surface area contributed by atoms with Crippen LogP contribution in [0.3, 0.4) is 0 Å². The van der Waals surface area contributed by atoms with Gasteiger partial charge in [-0.25, -0.2) is 4.79 Å². The number of nitrogens with one attached hydrogen (secondary N) is 2. The Balaban J connectivity index is 1.19. The minimum absolute atomic E-state index is 0.0396. The monoisotopic (exact) mass is 1040 g/mol. The van der Waals surface area contributed by atoms with Crippen LogP contribution in [-0.2, 0) is 66.6 Å². The molecule has 5 fully saturated rings. The second-order valence-electron chi connectivity index (χ2n) is 18.9. The predicted octanol–water partition coefficient (Wildman–Crippen LogP) is -0.771. The third-order valence-electron chi connectivity index (χ3n) is 13.6. The Bertz CT molecular complexity index is 1650. The summed E-state index contributed by atoms with van der Waals surface area (Å²) in [4.78, 5) is 66.7. The molecule has 0 radical (unpaired) electrons. The fraction of sp³-hybridized carbons (Fsp3) is 0.894. The van der Waals surface area contributed by atoms with Gasteiger partial charge >= 0.3 is 5.97 Å². The van der Waals surface area contributed by atoms with Crippen LogP contribution < -0.4 is 10.6 Å². The number of aliphatic hydroxyl groups is 5. The maximum absolute atomic E-state index is 14.0. The number of ether oxygens (including phenoxy) is 9. The van der Waals surface area contributed by atoms with Gasteiger partial charge in [0.25, 0.3) is 0 Å². The Morgan fingerprint density at radius 3 is 2.11 bits per heavy atom. The molecule has 3 saturated heterocycles. The highest BCUT2D eigenvalue weighted by Gasteiger charge is 2.52. The molecule has 4 amide bonds. The van der Waals surface area contributed by atoms with Gasteiger partial charge in [-0.1, -0.05) is 45.4 Å². The smallest absolute Gasteiger partial charge is 0.332 e. The Labute approximate surface area is 419 Å². The molecule has 71 heavy (non-hydrogen) atoms. The maximum Gasteiger partial charge on any atom is 0.332 e. The van der Waals surface area contributed by atoms with Crippen molar-refractivity contribution in [2.75, 3.05) is 78.3 Å². The van der Waals surface area contributed by atoms with E-state index in [1.807, 2.05) is 13.8 Å². The molecule has 0 aromatic carbocycles. The van der Waals surface area contributed by atoms with Gasteiger partial charge < -0.3 is 83.9 Å². The molecule has 0 aromatic rings. The molecule has 2 saturated carbocycles. The van der Waals surface area contributed by atoms with Crippen LogP contribution in [0.25, 0.3) is 0 Å². The summed E-state index contributed by atoms with van der Waals surface area (Å²) in [7, 11) is 0. The largest absolute Gasteiger partial charge is 0.479 e. The van der Waals surface area contributed by atoms with Crippen molar-refractivity contribution in [1.82, 2.24) is 15.5 Å². The molecule has 2 aliphatic carbocycles. The summed E-state index contributed by atoms with van der Waals surface area (Å²) in [6.45, 7) is 8.03. The number of likely N-dealkylation sites (tertiary alicyclic amines) is 1. The summed E-state index contributed by atoms with van der Waals surface area (Å²) in [5.41, 5.74) is 0. The summed E-state index contributed by atoms with van der Waals surface area (Å²) in [5, 5.41) is 68.6. The number of aliphatic carboxylic acids is 1. The Morgan fingerprint density at radius 1 is 0.775 bits per heavy atom. The van der Waals surface area contributed by atoms with Crippen molar-refractivity contribution < 1.29 is 97.2 Å². The average molecular weight is 1040 g/mol. The zero-order chi connectivity index (χ0) is 51.5. The minimum Gasteiger partial charge on any atom is -0.479 e. The second-order valence-corrected chi connectivity index (χ2v) is 20.1. The number of carbonyl (C=O) groups is 5. The van der Waals surface area contributed by atoms with Gasteiger partial charge in [0.1, 0.15) is 42.7 Å². The highest BCUT2D eigenvalue weighted by atomic mass is 32.2. The molecule has 5 aliphatic rings. The number of nitrogens with zero attached hydrogens (tertiary/aromatic N) is 1. The van der Waals surface area contributed by atoms with Crippen molar-refractivity contribution in [2.24, 2.45) is 11.8 Å². The van der Waals surface area contributed by atoms with Crippen molar-refractivity contribution in [1.29, 1.82) is 0 Å². The van der Waals surface area contributed by atoms with E-state index in [-0.39, 0.29) is 56.5 Å². The molecule has 8 N–H and O–H groups in total. The Kier molecular flexibility index (Phi) is 25.6. The zero-order valence-corrected chi connectivity index (χ0v) is 42.1. The second kappa shape index (κ2) is 30.6. The highest BCUT2D eigenvalue weighted by Crippen LogP contribution is 2.37. The lowest BCUT2D eigenvalue weighted by Gasteiger charge is -2.48. The van der Waals surface area contributed by atoms with E-state index in [0.717, 1.165) is 48.8 Å². The molecule has 0 bridgehead atoms. The summed E-state index contributed by atoms with van der Waals surface area (Å²) >= 11 is 0.890. The molecule has 24 heteroatoms. The summed E-state index contributed by atoms with van der Waals surface area (Å²) < 4.78 is 52.5. The molecule has 0 spiro atoms. The minimum atomic E-state index is -1.65. The zero-order valence-electron chi connectivity index (χ0n) is 41.3. The molecular formula is C47H79N3O20S. The number of rotatable bonds is 30. The van der Waals surface area contributed by atoms with Crippen LogP contribution in [-0.4, -0.2) is 228 Å². The molecule has 3 aliphatic heterocycles. The number of thioether (sulfide) groups is 1. The number of carbonyl (C=O) groups excluding carboxylic acids is 4. The number of aliphatic hydroxyl groups excluding tert-OH is 5. The molecule has 3 heterocycles. The standard InChI is InChI=1S/C47H79N3O20S/c1-4-62-17-18-64-21-22-65-20-19-63-16-14-48-34(52)13-15-50-36(54)24-33(44(50)59)71-26-35(53)49-37-43(67-31(45(60)61)23-29-10-6-5-7-11-29)39(56)32(25-51)69-46(37)68-30-12-8-9-27(2)42(30)70-47-41(58)40(57)38(55)28(3)66-47/h27-33,37-43,46-47,51,55-58H,4-26H2,1-3H3,(H,48,52)(H,49,53)(H,60,61)/t27?,28?,30-,31+,32+,33?,37?,38-,39+,40+,41?,42-,43?,46-,47+/m1/s1. The first-order valence-electron chi connectivity index (χ1n) is 25.3. The lowest BCUT2D eigenvalue weighted by atomic mass is 9.85. The first kappa shape index (κ1) is 59.2. The fourth-order valence-corrected chi connectivity index (χ4v) is 10.5. The Hall–Kier alpha value is -2.66. The number of hydrogen-bond acceptors (Lipinski definition) is 20. The lowest BCUT2D eigenvalue weighted by Crippen LogP contribution is -2.67. The highest BCUT2D eigenvalue weighted by molar-refractivity contribution is 8.01. The van der Waals surface area contributed by atoms with Crippen molar-refractivity contribution in [2.45, 2.75) is 176 Å². The number of hydrogen-bond donors (Lipinski definition) is 8. The third-order valence-corrected chi connectivity index (χ3v) is 14.8. The summed E-state index contributed by atoms with van der Waals surface area (Å²) in [5.74, 6) is -3.99. The molecule has 15 atom stereocenters. The quantitative estimate of drug-likeness (QED) is 0.0324. The summed E-state index contributed by atoms with van der Waals surface area (Å²) in [6, 6.07) is -1.39. The van der Waals surface area contributed by atoms with Gasteiger partial charge in [0.2, 0.25) is 23.6 Å². The van der Waals surface area contributed by atoms with E-state index in [0.29, 0.717) is 65.5 Å². The van der Waals surface area contributed by atoms with Crippen molar-refractivity contribution in [3.8, 4) is 0 Å². The first-order chi connectivity index (χ1) is 34.1. The Morgan fingerprint density at radius 2 is 1.45 bits per heavy atom. The van der Waals surface area contributed by atoms with E-state index in [4.69, 9.17) is 42.6 Å². The van der Waals surface area contributed by atoms with Crippen molar-refractivity contribution >= 4 is 41.4 Å². The molecule has 6 unspecified atom stereocenters. The topological polar surface area (TPSA) is 317 Å². The van der Waals surface area contributed by atoms with Gasteiger partial charge in [-0.15, -0.1) is 11.8 Å². The van der Waals surface area contributed by atoms with Crippen LogP contribution in [0.5, 0.6) is 0 Å². The van der Waals surface area contributed by atoms with Crippen molar-refractivity contribution in [3.05, 3.63) is 0 Å². The van der Waals surface area contributed by atoms with Crippen LogP contribution in [0, 0.1) is 11.8 Å². The third kappa shape index (κ3) is 18.0. The SMILES string of the molecule is CCOCCOCCOCCOCCNC(=O)CCN1C(=O)CC(SCC(=O)NC2C(O[C@@H](CC3CCCCC3)C(=O)O)[C@@H](O)[C@H](CO)O[C@H]2O[C@@H]2CCCC(C)[C@H]2O[C@@H]2OC(C)[C@@H](O)[C@H](O)C2O)C1=O. The number of amides is 4. The van der Waals surface area contributed by atoms with Crippen LogP contribution in [0.2, 0.25) is 0 Å².